The van der Waals surface area contributed by atoms with Crippen LogP contribution in [0.15, 0.2) is 42.7 Å². The number of aromatic nitrogens is 2. The largest absolute Gasteiger partial charge is 0.352 e. The molecular weight excluding hydrogens is 250 g/mol. The Morgan fingerprint density at radius 1 is 1.33 bits per heavy atom. The predicted molar refractivity (Wildman–Crippen MR) is 70.6 cm³/mol. The SMILES string of the molecule is O=C(NCCCn1cccn1)c1ccc(Cl)cc1. The van der Waals surface area contributed by atoms with E-state index in [0.717, 1.165) is 13.0 Å². The predicted octanol–water partition coefficient (Wildman–Crippen LogP) is 2.36. The maximum absolute atomic E-state index is 11.7. The second kappa shape index (κ2) is 6.21. The summed E-state index contributed by atoms with van der Waals surface area (Å²) in [6, 6.07) is 8.73. The van der Waals surface area contributed by atoms with Gasteiger partial charge in [0.15, 0.2) is 0 Å². The van der Waals surface area contributed by atoms with Gasteiger partial charge in [-0.1, -0.05) is 11.6 Å². The number of amides is 1. The fourth-order valence-corrected chi connectivity index (χ4v) is 1.71. The molecular formula is C13H14ClN3O. The summed E-state index contributed by atoms with van der Waals surface area (Å²) in [5, 5.41) is 7.58. The fourth-order valence-electron chi connectivity index (χ4n) is 1.58. The van der Waals surface area contributed by atoms with Crippen LogP contribution >= 0.6 is 11.6 Å². The molecule has 0 unspecified atom stereocenters. The molecule has 94 valence electrons. The first kappa shape index (κ1) is 12.6. The third kappa shape index (κ3) is 3.60. The minimum absolute atomic E-state index is 0.0767. The van der Waals surface area contributed by atoms with E-state index in [4.69, 9.17) is 11.6 Å². The van der Waals surface area contributed by atoms with E-state index in [9.17, 15) is 4.79 Å². The number of benzene rings is 1. The smallest absolute Gasteiger partial charge is 0.251 e. The molecule has 0 atom stereocenters. The lowest BCUT2D eigenvalue weighted by Crippen LogP contribution is -2.25. The minimum Gasteiger partial charge on any atom is -0.352 e. The van der Waals surface area contributed by atoms with Crippen molar-refractivity contribution in [1.29, 1.82) is 0 Å². The molecule has 0 spiro atoms. The molecule has 4 nitrogen and oxygen atoms in total. The minimum atomic E-state index is -0.0767. The molecule has 0 aliphatic carbocycles. The number of hydrogen-bond donors (Lipinski definition) is 1. The van der Waals surface area contributed by atoms with E-state index < -0.39 is 0 Å². The van der Waals surface area contributed by atoms with E-state index >= 15 is 0 Å². The first-order chi connectivity index (χ1) is 8.75. The van der Waals surface area contributed by atoms with Crippen molar-refractivity contribution < 1.29 is 4.79 Å². The van der Waals surface area contributed by atoms with Crippen molar-refractivity contribution in [2.24, 2.45) is 0 Å². The van der Waals surface area contributed by atoms with E-state index in [1.54, 1.807) is 30.5 Å². The highest BCUT2D eigenvalue weighted by Gasteiger charge is 2.03. The molecule has 1 N–H and O–H groups in total. The third-order valence-electron chi connectivity index (χ3n) is 2.52. The maximum Gasteiger partial charge on any atom is 0.251 e. The number of nitrogens with one attached hydrogen (secondary N) is 1. The van der Waals surface area contributed by atoms with Gasteiger partial charge in [-0.05, 0) is 36.8 Å². The Kier molecular flexibility index (Phi) is 4.36. The summed E-state index contributed by atoms with van der Waals surface area (Å²) in [6.07, 6.45) is 4.49. The molecule has 5 heteroatoms. The lowest BCUT2D eigenvalue weighted by molar-refractivity contribution is 0.0952. The number of hydrogen-bond acceptors (Lipinski definition) is 2. The molecule has 0 aliphatic rings. The molecule has 2 aromatic rings. The van der Waals surface area contributed by atoms with E-state index in [-0.39, 0.29) is 5.91 Å². The van der Waals surface area contributed by atoms with Crippen LogP contribution in [0.5, 0.6) is 0 Å². The molecule has 0 fully saturated rings. The molecule has 0 saturated carbocycles. The standard InChI is InChI=1S/C13H14ClN3O/c14-12-5-3-11(4-6-12)13(18)15-7-1-9-17-10-2-8-16-17/h2-6,8,10H,1,7,9H2,(H,15,18). The Balaban J connectivity index is 1.73. The van der Waals surface area contributed by atoms with Gasteiger partial charge >= 0.3 is 0 Å². The van der Waals surface area contributed by atoms with E-state index in [0.29, 0.717) is 17.1 Å². The molecule has 1 amide bonds. The Labute approximate surface area is 111 Å². The van der Waals surface area contributed by atoms with Crippen molar-refractivity contribution in [3.8, 4) is 0 Å². The maximum atomic E-state index is 11.7. The first-order valence-electron chi connectivity index (χ1n) is 5.77. The van der Waals surface area contributed by atoms with Gasteiger partial charge in [0, 0.05) is 36.1 Å². The average Bonchev–Trinajstić information content (AvgIpc) is 2.88. The summed E-state index contributed by atoms with van der Waals surface area (Å²) in [5.74, 6) is -0.0767. The van der Waals surface area contributed by atoms with Crippen LogP contribution in [0, 0.1) is 0 Å². The molecule has 0 saturated heterocycles. The Bertz CT molecular complexity index is 493. The van der Waals surface area contributed by atoms with Crippen LogP contribution < -0.4 is 5.32 Å². The quantitative estimate of drug-likeness (QED) is 0.842. The Morgan fingerprint density at radius 3 is 2.78 bits per heavy atom. The molecule has 0 aliphatic heterocycles. The topological polar surface area (TPSA) is 46.9 Å². The summed E-state index contributed by atoms with van der Waals surface area (Å²) < 4.78 is 1.84. The fraction of sp³-hybridized carbons (Fsp3) is 0.231. The van der Waals surface area contributed by atoms with Gasteiger partial charge in [-0.25, -0.2) is 0 Å². The number of halogens is 1. The van der Waals surface area contributed by atoms with Gasteiger partial charge in [-0.15, -0.1) is 0 Å². The molecule has 1 heterocycles. The second-order valence-electron chi connectivity index (χ2n) is 3.89. The van der Waals surface area contributed by atoms with Crippen LogP contribution in [0.3, 0.4) is 0 Å². The third-order valence-corrected chi connectivity index (χ3v) is 2.77. The zero-order valence-electron chi connectivity index (χ0n) is 9.84. The van der Waals surface area contributed by atoms with Crippen molar-refractivity contribution in [2.75, 3.05) is 6.54 Å². The van der Waals surface area contributed by atoms with Crippen molar-refractivity contribution in [3.05, 3.63) is 53.3 Å². The highest BCUT2D eigenvalue weighted by molar-refractivity contribution is 6.30. The summed E-state index contributed by atoms with van der Waals surface area (Å²) in [5.41, 5.74) is 0.624. The average molecular weight is 264 g/mol. The number of rotatable bonds is 5. The summed E-state index contributed by atoms with van der Waals surface area (Å²) in [7, 11) is 0. The van der Waals surface area contributed by atoms with Crippen molar-refractivity contribution >= 4 is 17.5 Å². The lowest BCUT2D eigenvalue weighted by atomic mass is 10.2. The highest BCUT2D eigenvalue weighted by atomic mass is 35.5. The normalized spacial score (nSPS) is 10.3. The van der Waals surface area contributed by atoms with Gasteiger partial charge in [0.05, 0.1) is 0 Å². The highest BCUT2D eigenvalue weighted by Crippen LogP contribution is 2.09. The van der Waals surface area contributed by atoms with Crippen LogP contribution in [0.1, 0.15) is 16.8 Å². The monoisotopic (exact) mass is 263 g/mol. The van der Waals surface area contributed by atoms with E-state index in [1.165, 1.54) is 0 Å². The van der Waals surface area contributed by atoms with Gasteiger partial charge in [-0.2, -0.15) is 5.10 Å². The molecule has 0 bridgehead atoms. The Hall–Kier alpha value is -1.81. The van der Waals surface area contributed by atoms with Crippen LogP contribution in [0.4, 0.5) is 0 Å². The van der Waals surface area contributed by atoms with E-state index in [2.05, 4.69) is 10.4 Å². The zero-order chi connectivity index (χ0) is 12.8. The molecule has 1 aromatic carbocycles. The molecule has 2 rings (SSSR count). The zero-order valence-corrected chi connectivity index (χ0v) is 10.6. The van der Waals surface area contributed by atoms with Gasteiger partial charge in [0.25, 0.3) is 5.91 Å². The summed E-state index contributed by atoms with van der Waals surface area (Å²) in [6.45, 7) is 1.43. The van der Waals surface area contributed by atoms with E-state index in [1.807, 2.05) is 16.9 Å². The number of carbonyl (C=O) groups is 1. The molecule has 18 heavy (non-hydrogen) atoms. The first-order valence-corrected chi connectivity index (χ1v) is 6.15. The lowest BCUT2D eigenvalue weighted by Gasteiger charge is -2.05. The van der Waals surface area contributed by atoms with Gasteiger partial charge < -0.3 is 5.32 Å². The van der Waals surface area contributed by atoms with Crippen molar-refractivity contribution in [2.45, 2.75) is 13.0 Å². The van der Waals surface area contributed by atoms with Crippen LogP contribution in [-0.2, 0) is 6.54 Å². The number of aryl methyl sites for hydroxylation is 1. The van der Waals surface area contributed by atoms with Crippen molar-refractivity contribution in [1.82, 2.24) is 15.1 Å². The summed E-state index contributed by atoms with van der Waals surface area (Å²) >= 11 is 5.76. The molecule has 1 aromatic heterocycles. The van der Waals surface area contributed by atoms with Crippen LogP contribution in [-0.4, -0.2) is 22.2 Å². The number of carbonyl (C=O) groups excluding carboxylic acids is 1. The van der Waals surface area contributed by atoms with Crippen LogP contribution in [0.2, 0.25) is 5.02 Å². The second-order valence-corrected chi connectivity index (χ2v) is 4.32. The Morgan fingerprint density at radius 2 is 2.11 bits per heavy atom. The van der Waals surface area contributed by atoms with Crippen LogP contribution in [0.25, 0.3) is 0 Å². The van der Waals surface area contributed by atoms with Gasteiger partial charge in [-0.3, -0.25) is 9.48 Å². The molecule has 0 radical (unpaired) electrons. The van der Waals surface area contributed by atoms with Gasteiger partial charge in [0.2, 0.25) is 0 Å². The summed E-state index contributed by atoms with van der Waals surface area (Å²) in [4.78, 5) is 11.7. The number of nitrogens with zero attached hydrogens (tertiary/aromatic N) is 2. The van der Waals surface area contributed by atoms with Gasteiger partial charge in [0.1, 0.15) is 0 Å². The van der Waals surface area contributed by atoms with Crippen molar-refractivity contribution in [3.63, 3.8) is 0 Å².